The molecule has 13 nitrogen and oxygen atoms in total. The van der Waals surface area contributed by atoms with Gasteiger partial charge in [-0.25, -0.2) is 0 Å². The number of rotatable bonds is 12. The zero-order valence-corrected chi connectivity index (χ0v) is 37.3. The van der Waals surface area contributed by atoms with Crippen LogP contribution in [0.1, 0.15) is 89.9 Å². The van der Waals surface area contributed by atoms with Gasteiger partial charge in [0.15, 0.2) is 0 Å². The number of amides is 5. The fraction of sp³-hybridized carbons (Fsp3) is 0.204. The van der Waals surface area contributed by atoms with Gasteiger partial charge in [0.25, 0.3) is 29.5 Å². The summed E-state index contributed by atoms with van der Waals surface area (Å²) in [7, 11) is 0. The van der Waals surface area contributed by atoms with Crippen molar-refractivity contribution in [2.45, 2.75) is 47.0 Å². The molecule has 0 aromatic heterocycles. The van der Waals surface area contributed by atoms with E-state index < -0.39 is 17.4 Å². The Balaban J connectivity index is 0.894. The highest BCUT2D eigenvalue weighted by Crippen LogP contribution is 2.44. The minimum Gasteiger partial charge on any atom is -0.507 e. The predicted molar refractivity (Wildman–Crippen MR) is 256 cm³/mol. The van der Waals surface area contributed by atoms with Crippen LogP contribution in [0.15, 0.2) is 125 Å². The van der Waals surface area contributed by atoms with E-state index in [0.717, 1.165) is 27.5 Å². The molecule has 4 aliphatic rings. The topological polar surface area (TPSA) is 168 Å². The van der Waals surface area contributed by atoms with Gasteiger partial charge in [-0.1, -0.05) is 66.2 Å². The number of nitrogens with zero attached hydrogens (tertiary/aromatic N) is 5. The van der Waals surface area contributed by atoms with Gasteiger partial charge in [0.05, 0.1) is 28.1 Å². The number of benzene rings is 6. The van der Waals surface area contributed by atoms with E-state index in [1.807, 2.05) is 62.1 Å². The molecule has 0 saturated heterocycles. The largest absolute Gasteiger partial charge is 0.507 e. The van der Waals surface area contributed by atoms with Gasteiger partial charge >= 0.3 is 0 Å². The van der Waals surface area contributed by atoms with Crippen LogP contribution in [0.4, 0.5) is 11.4 Å². The van der Waals surface area contributed by atoms with Crippen LogP contribution in [0.3, 0.4) is 0 Å². The van der Waals surface area contributed by atoms with Crippen LogP contribution in [0, 0.1) is 20.8 Å². The zero-order valence-electron chi connectivity index (χ0n) is 37.3. The zero-order chi connectivity index (χ0) is 47.0. The molecule has 5 amide bonds. The number of anilines is 2. The lowest BCUT2D eigenvalue weighted by atomic mass is 9.79. The molecule has 6 aromatic rings. The first-order valence-corrected chi connectivity index (χ1v) is 22.3. The number of phenolic OH excluding ortho intramolecular Hbond substituents is 1. The molecule has 0 spiro atoms. The van der Waals surface area contributed by atoms with Crippen LogP contribution in [0.2, 0.25) is 0 Å². The molecular formula is C54H45N5O8. The first-order valence-electron chi connectivity index (χ1n) is 22.3. The van der Waals surface area contributed by atoms with E-state index >= 15 is 0 Å². The third-order valence-electron chi connectivity index (χ3n) is 13.2. The molecule has 3 aliphatic heterocycles. The first kappa shape index (κ1) is 42.7. The van der Waals surface area contributed by atoms with E-state index in [4.69, 9.17) is 0 Å². The normalized spacial score (nSPS) is 16.8. The van der Waals surface area contributed by atoms with Crippen LogP contribution in [0.5, 0.6) is 5.75 Å². The molecule has 334 valence electrons. The van der Waals surface area contributed by atoms with Gasteiger partial charge in [0, 0.05) is 76.5 Å². The molecule has 2 N–H and O–H groups in total. The highest BCUT2D eigenvalue weighted by Gasteiger charge is 2.44. The number of aliphatic hydroxyl groups excluding tert-OH is 1. The number of aliphatic hydroxyl groups is 1. The number of hydrogen-bond donors (Lipinski definition) is 2. The second-order valence-electron chi connectivity index (χ2n) is 17.5. The van der Waals surface area contributed by atoms with E-state index in [1.54, 1.807) is 61.5 Å². The summed E-state index contributed by atoms with van der Waals surface area (Å²) < 4.78 is 0. The van der Waals surface area contributed by atoms with Gasteiger partial charge in [0.1, 0.15) is 11.5 Å². The van der Waals surface area contributed by atoms with Crippen LogP contribution < -0.4 is 9.91 Å². The fourth-order valence-corrected chi connectivity index (χ4v) is 10.2. The summed E-state index contributed by atoms with van der Waals surface area (Å²) in [4.78, 5) is 86.9. The van der Waals surface area contributed by atoms with Gasteiger partial charge in [-0.05, 0) is 105 Å². The Morgan fingerprint density at radius 3 is 1.51 bits per heavy atom. The van der Waals surface area contributed by atoms with Crippen molar-refractivity contribution >= 4 is 79.5 Å². The third-order valence-corrected chi connectivity index (χ3v) is 13.2. The van der Waals surface area contributed by atoms with E-state index in [-0.39, 0.29) is 70.5 Å². The van der Waals surface area contributed by atoms with Crippen molar-refractivity contribution in [1.82, 2.24) is 9.80 Å². The van der Waals surface area contributed by atoms with Crippen molar-refractivity contribution in [3.05, 3.63) is 165 Å². The molecule has 67 heavy (non-hydrogen) atoms. The third kappa shape index (κ3) is 6.88. The number of aromatic hydroxyl groups is 1. The highest BCUT2D eigenvalue weighted by atomic mass is 16.3. The van der Waals surface area contributed by atoms with Crippen LogP contribution in [-0.2, 0) is 9.59 Å². The average molecular weight is 892 g/mol. The van der Waals surface area contributed by atoms with Crippen LogP contribution >= 0.6 is 0 Å². The Labute approximate surface area is 385 Å². The monoisotopic (exact) mass is 891 g/mol. The number of Topliss-reactive ketones (excluding diaryl/α,β-unsaturated/α-hetero) is 1. The number of imide groups is 2. The summed E-state index contributed by atoms with van der Waals surface area (Å²) in [5.41, 5.74) is 5.78. The fourth-order valence-electron chi connectivity index (χ4n) is 10.2. The number of phenols is 1. The number of unbranched alkanes of at least 4 members (excludes halogenated alkanes) is 1. The summed E-state index contributed by atoms with van der Waals surface area (Å²) in [6.07, 6.45) is 1.32. The number of carbonyl (C=O) groups excluding carboxylic acids is 6. The van der Waals surface area contributed by atoms with E-state index in [1.165, 1.54) is 26.9 Å². The lowest BCUT2D eigenvalue weighted by Crippen LogP contribution is -2.42. The Morgan fingerprint density at radius 1 is 0.522 bits per heavy atom. The Morgan fingerprint density at radius 2 is 1.01 bits per heavy atom. The minimum absolute atomic E-state index is 0.00651. The molecule has 3 heterocycles. The van der Waals surface area contributed by atoms with Gasteiger partial charge < -0.3 is 15.1 Å². The number of carbonyl (C=O) groups is 6. The van der Waals surface area contributed by atoms with Crippen LogP contribution in [-0.4, -0.2) is 87.2 Å². The van der Waals surface area contributed by atoms with Crippen molar-refractivity contribution in [1.29, 1.82) is 0 Å². The van der Waals surface area contributed by atoms with Crippen molar-refractivity contribution < 1.29 is 39.0 Å². The number of aryl methyl sites for hydroxylation is 3. The Kier molecular flexibility index (Phi) is 10.4. The summed E-state index contributed by atoms with van der Waals surface area (Å²) in [6, 6.07) is 30.2. The molecule has 0 radical (unpaired) electrons. The maximum absolute atomic E-state index is 13.9. The summed E-state index contributed by atoms with van der Waals surface area (Å²) >= 11 is 0. The van der Waals surface area contributed by atoms with E-state index in [9.17, 15) is 39.0 Å². The van der Waals surface area contributed by atoms with Crippen LogP contribution in [0.25, 0.3) is 27.1 Å². The van der Waals surface area contributed by atoms with Crippen molar-refractivity contribution in [3.63, 3.8) is 0 Å². The predicted octanol–water partition coefficient (Wildman–Crippen LogP) is 8.76. The second kappa shape index (κ2) is 16.4. The Hall–Kier alpha value is -8.19. The lowest BCUT2D eigenvalue weighted by Gasteiger charge is -2.30. The maximum atomic E-state index is 13.9. The number of allylic oxidation sites excluding steroid dienone is 2. The quantitative estimate of drug-likeness (QED) is 0.0693. The first-order chi connectivity index (χ1) is 32.2. The maximum Gasteiger partial charge on any atom is 0.281 e. The van der Waals surface area contributed by atoms with Crippen molar-refractivity contribution in [2.75, 3.05) is 36.1 Å². The molecule has 0 atom stereocenters. The second-order valence-corrected chi connectivity index (χ2v) is 17.5. The molecule has 0 bridgehead atoms. The lowest BCUT2D eigenvalue weighted by molar-refractivity contribution is -0.115. The summed E-state index contributed by atoms with van der Waals surface area (Å²) in [5, 5.41) is 31.6. The summed E-state index contributed by atoms with van der Waals surface area (Å²) in [5.74, 6) is -3.32. The average Bonchev–Trinajstić information content (AvgIpc) is 3.58. The molecule has 13 heteroatoms. The Bertz CT molecular complexity index is 3220. The smallest absolute Gasteiger partial charge is 0.281 e. The van der Waals surface area contributed by atoms with E-state index in [2.05, 4.69) is 5.10 Å². The molecule has 0 unspecified atom stereocenters. The highest BCUT2D eigenvalue weighted by molar-refractivity contribution is 6.45. The molecule has 1 aliphatic carbocycles. The molecular weight excluding hydrogens is 847 g/mol. The summed E-state index contributed by atoms with van der Waals surface area (Å²) in [6.45, 7) is 8.34. The van der Waals surface area contributed by atoms with Gasteiger partial charge in [-0.2, -0.15) is 10.1 Å². The van der Waals surface area contributed by atoms with Gasteiger partial charge in [-0.3, -0.25) is 38.6 Å². The van der Waals surface area contributed by atoms with Gasteiger partial charge in [-0.15, -0.1) is 0 Å². The standard InChI is InChI=1S/C54H45N5O8/c1-29-26-30(2)47(31(3)27-29)59-54(67)42(32(4)55-59)46-48(61)45(49(46)62)36-21-20-35(28-41(36)60)56(23-11-25-58-52(65)39-18-9-14-34-15-10-19-40(44(34)39)53(58)66)22-5-6-24-57-50(63)37-16-7-12-33-13-8-17-38(43(33)37)51(57)64/h7-10,12-21,26-28,60-61H,5-6,11,22-25H2,1-4H3/b46-42+. The minimum atomic E-state index is -0.608. The SMILES string of the molecule is CC1=NN(c2c(C)cc(C)cc2C)C(=O)/C1=C1/C(=O)C(c2ccc(N(CCCCN3C(=O)c4cccc5cccc(c45)C3=O)CCCN3C(=O)c4cccc5cccc(c45)C3=O)cc2O)=C1O. The van der Waals surface area contributed by atoms with E-state index in [0.29, 0.717) is 76.8 Å². The van der Waals surface area contributed by atoms with Crippen molar-refractivity contribution in [2.24, 2.45) is 5.10 Å². The number of hydrazone groups is 1. The molecule has 0 saturated carbocycles. The van der Waals surface area contributed by atoms with Crippen molar-refractivity contribution in [3.8, 4) is 5.75 Å². The molecule has 0 fully saturated rings. The number of ketones is 1. The molecule has 10 rings (SSSR count). The van der Waals surface area contributed by atoms with Gasteiger partial charge in [0.2, 0.25) is 5.78 Å². The molecule has 6 aromatic carbocycles. The number of hydrogen-bond acceptors (Lipinski definition) is 10.